The van der Waals surface area contributed by atoms with Crippen LogP contribution in [0.4, 0.5) is 0 Å². The van der Waals surface area contributed by atoms with Crippen molar-refractivity contribution in [3.63, 3.8) is 0 Å². The summed E-state index contributed by atoms with van der Waals surface area (Å²) in [5, 5.41) is 0. The molecule has 2 heteroatoms. The van der Waals surface area contributed by atoms with Gasteiger partial charge in [0.1, 0.15) is 12.1 Å². The second-order valence-corrected chi connectivity index (χ2v) is 4.23. The second-order valence-electron chi connectivity index (χ2n) is 4.23. The van der Waals surface area contributed by atoms with Gasteiger partial charge in [0.15, 0.2) is 0 Å². The van der Waals surface area contributed by atoms with Crippen molar-refractivity contribution in [2.75, 3.05) is 0 Å². The van der Waals surface area contributed by atoms with Gasteiger partial charge in [-0.05, 0) is 11.8 Å². The quantitative estimate of drug-likeness (QED) is 0.450. The van der Waals surface area contributed by atoms with Gasteiger partial charge in [-0.2, -0.15) is 0 Å². The second kappa shape index (κ2) is 2.79. The van der Waals surface area contributed by atoms with E-state index in [-0.39, 0.29) is 29.6 Å². The van der Waals surface area contributed by atoms with Crippen molar-refractivity contribution in [1.29, 1.82) is 0 Å². The number of rotatable bonds is 1. The third-order valence-electron chi connectivity index (χ3n) is 3.65. The molecule has 0 aromatic rings. The van der Waals surface area contributed by atoms with Crippen LogP contribution in [-0.2, 0) is 9.59 Å². The first-order valence-corrected chi connectivity index (χ1v) is 4.84. The van der Waals surface area contributed by atoms with E-state index >= 15 is 0 Å². The number of allylic oxidation sites excluding steroid dienone is 2. The van der Waals surface area contributed by atoms with Crippen LogP contribution in [0.25, 0.3) is 0 Å². The Bertz CT molecular complexity index is 258. The van der Waals surface area contributed by atoms with Gasteiger partial charge >= 0.3 is 0 Å². The number of fused-ring (bicyclic) bond motifs is 2. The summed E-state index contributed by atoms with van der Waals surface area (Å²) in [6.45, 7) is 3.87. The fourth-order valence-electron chi connectivity index (χ4n) is 2.75. The highest BCUT2D eigenvalue weighted by atomic mass is 16.1. The largest absolute Gasteiger partial charge is 0.303 e. The summed E-state index contributed by atoms with van der Waals surface area (Å²) >= 11 is 0. The van der Waals surface area contributed by atoms with Gasteiger partial charge in [0.05, 0.1) is 0 Å². The van der Waals surface area contributed by atoms with Crippen LogP contribution in [0.15, 0.2) is 12.2 Å². The van der Waals surface area contributed by atoms with E-state index in [1.807, 2.05) is 13.8 Å². The molecular formula is C11H14O2. The van der Waals surface area contributed by atoms with Crippen molar-refractivity contribution >= 4 is 12.1 Å². The van der Waals surface area contributed by atoms with E-state index in [2.05, 4.69) is 12.2 Å². The predicted molar refractivity (Wildman–Crippen MR) is 49.0 cm³/mol. The van der Waals surface area contributed by atoms with Crippen molar-refractivity contribution in [3.05, 3.63) is 12.2 Å². The van der Waals surface area contributed by atoms with Crippen LogP contribution in [0, 0.1) is 29.6 Å². The van der Waals surface area contributed by atoms with Gasteiger partial charge in [0, 0.05) is 17.8 Å². The average Bonchev–Trinajstić information content (AvgIpc) is 2.52. The molecule has 13 heavy (non-hydrogen) atoms. The van der Waals surface area contributed by atoms with Crippen molar-refractivity contribution in [1.82, 2.24) is 0 Å². The summed E-state index contributed by atoms with van der Waals surface area (Å²) in [6, 6.07) is 0. The number of Topliss-reactive ketones (excluding diaryl/α,β-unsaturated/α-hetero) is 1. The molecule has 1 unspecified atom stereocenters. The fourth-order valence-corrected chi connectivity index (χ4v) is 2.75. The molecular weight excluding hydrogens is 164 g/mol. The Balaban J connectivity index is 2.36. The molecule has 1 fully saturated rings. The van der Waals surface area contributed by atoms with Crippen LogP contribution in [0.1, 0.15) is 13.8 Å². The number of ketones is 1. The molecule has 5 atom stereocenters. The molecule has 0 saturated heterocycles. The maximum Gasteiger partial charge on any atom is 0.139 e. The molecule has 2 rings (SSSR count). The molecule has 2 aliphatic carbocycles. The van der Waals surface area contributed by atoms with Gasteiger partial charge in [0.25, 0.3) is 0 Å². The molecule has 70 valence electrons. The number of carbonyl (C=O) groups excluding carboxylic acids is 2. The smallest absolute Gasteiger partial charge is 0.139 e. The zero-order valence-electron chi connectivity index (χ0n) is 7.94. The van der Waals surface area contributed by atoms with E-state index in [9.17, 15) is 9.59 Å². The van der Waals surface area contributed by atoms with E-state index in [1.165, 1.54) is 0 Å². The summed E-state index contributed by atoms with van der Waals surface area (Å²) in [5.74, 6) is 0.776. The topological polar surface area (TPSA) is 34.1 Å². The lowest BCUT2D eigenvalue weighted by Crippen LogP contribution is -2.40. The van der Waals surface area contributed by atoms with Gasteiger partial charge in [-0.25, -0.2) is 0 Å². The Morgan fingerprint density at radius 2 is 1.62 bits per heavy atom. The molecule has 2 bridgehead atoms. The Hall–Kier alpha value is -0.920. The van der Waals surface area contributed by atoms with Gasteiger partial charge in [-0.15, -0.1) is 0 Å². The molecule has 0 aliphatic heterocycles. The summed E-state index contributed by atoms with van der Waals surface area (Å²) in [6.07, 6.45) is 5.13. The number of hydrogen-bond acceptors (Lipinski definition) is 2. The molecule has 0 heterocycles. The molecule has 1 saturated carbocycles. The van der Waals surface area contributed by atoms with Crippen molar-refractivity contribution in [2.45, 2.75) is 13.8 Å². The average molecular weight is 178 g/mol. The third-order valence-corrected chi connectivity index (χ3v) is 3.65. The van der Waals surface area contributed by atoms with Crippen LogP contribution in [0.2, 0.25) is 0 Å². The minimum Gasteiger partial charge on any atom is -0.303 e. The maximum atomic E-state index is 11.7. The lowest BCUT2D eigenvalue weighted by Gasteiger charge is -2.34. The number of aldehydes is 1. The first-order valence-electron chi connectivity index (χ1n) is 4.84. The standard InChI is InChI=1S/C11H14O2/c1-6-8-3-4-9(10(8)5-12)7(2)11(6)13/h3-10H,1-2H3/t6-,7+,8+,9-,10?. The van der Waals surface area contributed by atoms with Crippen LogP contribution in [0.5, 0.6) is 0 Å². The van der Waals surface area contributed by atoms with E-state index in [4.69, 9.17) is 0 Å². The van der Waals surface area contributed by atoms with Crippen LogP contribution < -0.4 is 0 Å². The van der Waals surface area contributed by atoms with Crippen LogP contribution >= 0.6 is 0 Å². The Morgan fingerprint density at radius 1 is 1.15 bits per heavy atom. The molecule has 0 radical (unpaired) electrons. The van der Waals surface area contributed by atoms with Gasteiger partial charge < -0.3 is 4.79 Å². The van der Waals surface area contributed by atoms with E-state index in [0.717, 1.165) is 6.29 Å². The number of carbonyl (C=O) groups is 2. The maximum absolute atomic E-state index is 11.7. The molecule has 0 aromatic heterocycles. The lowest BCUT2D eigenvalue weighted by molar-refractivity contribution is -0.134. The van der Waals surface area contributed by atoms with Crippen LogP contribution in [0.3, 0.4) is 0 Å². The minimum atomic E-state index is 0.0280. The summed E-state index contributed by atoms with van der Waals surface area (Å²) < 4.78 is 0. The summed E-state index contributed by atoms with van der Waals surface area (Å²) in [4.78, 5) is 22.6. The Labute approximate surface area is 78.0 Å². The van der Waals surface area contributed by atoms with Crippen molar-refractivity contribution < 1.29 is 9.59 Å². The van der Waals surface area contributed by atoms with E-state index < -0.39 is 0 Å². The first kappa shape index (κ1) is 8.67. The minimum absolute atomic E-state index is 0.0280. The molecule has 2 nitrogen and oxygen atoms in total. The van der Waals surface area contributed by atoms with Crippen molar-refractivity contribution in [2.24, 2.45) is 29.6 Å². The molecule has 0 aromatic carbocycles. The van der Waals surface area contributed by atoms with E-state index in [1.54, 1.807) is 0 Å². The Morgan fingerprint density at radius 3 is 2.00 bits per heavy atom. The number of hydrogen-bond donors (Lipinski definition) is 0. The highest BCUT2D eigenvalue weighted by molar-refractivity contribution is 5.87. The molecule has 2 aliphatic rings. The molecule has 0 spiro atoms. The van der Waals surface area contributed by atoms with Crippen molar-refractivity contribution in [3.8, 4) is 0 Å². The molecule has 0 amide bonds. The lowest BCUT2D eigenvalue weighted by atomic mass is 9.67. The normalized spacial score (nSPS) is 48.2. The zero-order chi connectivity index (χ0) is 9.59. The summed E-state index contributed by atoms with van der Waals surface area (Å²) in [7, 11) is 0. The third kappa shape index (κ3) is 1.01. The van der Waals surface area contributed by atoms with Gasteiger partial charge in [-0.1, -0.05) is 26.0 Å². The molecule has 0 N–H and O–H groups in total. The predicted octanol–water partition coefficient (Wildman–Crippen LogP) is 1.46. The monoisotopic (exact) mass is 178 g/mol. The fraction of sp³-hybridized carbons (Fsp3) is 0.636. The van der Waals surface area contributed by atoms with E-state index in [0.29, 0.717) is 5.78 Å². The summed E-state index contributed by atoms with van der Waals surface area (Å²) in [5.41, 5.74) is 0. The highest BCUT2D eigenvalue weighted by Crippen LogP contribution is 2.45. The highest BCUT2D eigenvalue weighted by Gasteiger charge is 2.47. The van der Waals surface area contributed by atoms with Crippen LogP contribution in [-0.4, -0.2) is 12.1 Å². The Kier molecular flexibility index (Phi) is 1.86. The SMILES string of the molecule is C[C@@H]1C(=O)[C@H](C)[C@@H]2C=C[C@H]1C2C=O. The van der Waals surface area contributed by atoms with Gasteiger partial charge in [0.2, 0.25) is 0 Å². The zero-order valence-corrected chi connectivity index (χ0v) is 7.94. The van der Waals surface area contributed by atoms with Gasteiger partial charge in [-0.3, -0.25) is 4.79 Å². The first-order chi connectivity index (χ1) is 6.16.